The summed E-state index contributed by atoms with van der Waals surface area (Å²) >= 11 is 3.66. The normalized spacial score (nSPS) is 20.4. The van der Waals surface area contributed by atoms with Crippen molar-refractivity contribution >= 4 is 15.9 Å². The van der Waals surface area contributed by atoms with Crippen LogP contribution in [0.1, 0.15) is 51.3 Å². The van der Waals surface area contributed by atoms with Crippen LogP contribution in [0.2, 0.25) is 0 Å². The van der Waals surface area contributed by atoms with Crippen LogP contribution in [0.4, 0.5) is 0 Å². The molecular weight excluding hydrogens is 264 g/mol. The van der Waals surface area contributed by atoms with Crippen molar-refractivity contribution in [2.45, 2.75) is 52.0 Å². The standard InChI is InChI=1S/C13H21BrN2/c1-3-11(2)16-8-5-12(15-16)9-13(10-14)6-4-7-13/h5,8,11H,3-4,6-7,9-10H2,1-2H3. The highest BCUT2D eigenvalue weighted by atomic mass is 79.9. The molecule has 0 amide bonds. The van der Waals surface area contributed by atoms with Gasteiger partial charge in [-0.3, -0.25) is 4.68 Å². The van der Waals surface area contributed by atoms with Crippen molar-refractivity contribution in [2.75, 3.05) is 5.33 Å². The molecular formula is C13H21BrN2. The van der Waals surface area contributed by atoms with Gasteiger partial charge < -0.3 is 0 Å². The Balaban J connectivity index is 2.02. The number of halogens is 1. The topological polar surface area (TPSA) is 17.8 Å². The van der Waals surface area contributed by atoms with Crippen molar-refractivity contribution in [3.8, 4) is 0 Å². The van der Waals surface area contributed by atoms with E-state index in [1.165, 1.54) is 25.0 Å². The molecule has 0 saturated heterocycles. The van der Waals surface area contributed by atoms with E-state index in [1.54, 1.807) is 0 Å². The second-order valence-corrected chi connectivity index (χ2v) is 5.77. The average molecular weight is 285 g/mol. The lowest BCUT2D eigenvalue weighted by atomic mass is 9.68. The third-order valence-corrected chi connectivity index (χ3v) is 5.15. The van der Waals surface area contributed by atoms with Gasteiger partial charge in [-0.05, 0) is 44.1 Å². The Labute approximate surface area is 107 Å². The van der Waals surface area contributed by atoms with Crippen LogP contribution in [0.25, 0.3) is 0 Å². The van der Waals surface area contributed by atoms with Gasteiger partial charge in [-0.2, -0.15) is 5.10 Å². The van der Waals surface area contributed by atoms with Gasteiger partial charge >= 0.3 is 0 Å². The van der Waals surface area contributed by atoms with Gasteiger partial charge in [-0.1, -0.05) is 29.3 Å². The fourth-order valence-corrected chi connectivity index (χ4v) is 3.08. The van der Waals surface area contributed by atoms with E-state index in [9.17, 15) is 0 Å². The van der Waals surface area contributed by atoms with Crippen molar-refractivity contribution < 1.29 is 0 Å². The third-order valence-electron chi connectivity index (χ3n) is 3.96. The average Bonchev–Trinajstić information content (AvgIpc) is 2.70. The van der Waals surface area contributed by atoms with Gasteiger partial charge in [0.15, 0.2) is 0 Å². The highest BCUT2D eigenvalue weighted by Gasteiger charge is 2.36. The van der Waals surface area contributed by atoms with Crippen LogP contribution < -0.4 is 0 Å². The molecule has 1 unspecified atom stereocenters. The van der Waals surface area contributed by atoms with Crippen molar-refractivity contribution in [2.24, 2.45) is 5.41 Å². The van der Waals surface area contributed by atoms with E-state index in [4.69, 9.17) is 5.10 Å². The first-order valence-electron chi connectivity index (χ1n) is 6.29. The summed E-state index contributed by atoms with van der Waals surface area (Å²) in [6, 6.07) is 2.71. The molecule has 3 heteroatoms. The van der Waals surface area contributed by atoms with Crippen molar-refractivity contribution in [3.05, 3.63) is 18.0 Å². The molecule has 0 spiro atoms. The fraction of sp³-hybridized carbons (Fsp3) is 0.769. The summed E-state index contributed by atoms with van der Waals surface area (Å²) in [6.07, 6.45) is 8.51. The first-order chi connectivity index (χ1) is 7.69. The number of alkyl halides is 1. The summed E-state index contributed by atoms with van der Waals surface area (Å²) in [6.45, 7) is 4.43. The van der Waals surface area contributed by atoms with Crippen molar-refractivity contribution in [1.82, 2.24) is 9.78 Å². The molecule has 1 fully saturated rings. The zero-order valence-electron chi connectivity index (χ0n) is 10.2. The molecule has 0 aromatic carbocycles. The maximum absolute atomic E-state index is 4.69. The van der Waals surface area contributed by atoms with E-state index in [-0.39, 0.29) is 0 Å². The van der Waals surface area contributed by atoms with Gasteiger partial charge in [0.05, 0.1) is 5.69 Å². The van der Waals surface area contributed by atoms with Gasteiger partial charge in [0, 0.05) is 17.6 Å². The minimum atomic E-state index is 0.509. The van der Waals surface area contributed by atoms with E-state index in [1.807, 2.05) is 0 Å². The van der Waals surface area contributed by atoms with Gasteiger partial charge in [-0.25, -0.2) is 0 Å². The van der Waals surface area contributed by atoms with Crippen molar-refractivity contribution in [3.63, 3.8) is 0 Å². The lowest BCUT2D eigenvalue weighted by Crippen LogP contribution is -2.33. The van der Waals surface area contributed by atoms with Gasteiger partial charge in [0.1, 0.15) is 0 Å². The first-order valence-corrected chi connectivity index (χ1v) is 7.41. The number of rotatable bonds is 5. The summed E-state index contributed by atoms with van der Waals surface area (Å²) in [5.41, 5.74) is 1.77. The van der Waals surface area contributed by atoms with E-state index in [2.05, 4.69) is 46.7 Å². The van der Waals surface area contributed by atoms with E-state index in [0.717, 1.165) is 18.2 Å². The predicted octanol–water partition coefficient (Wildman–Crippen LogP) is 3.96. The molecule has 1 heterocycles. The lowest BCUT2D eigenvalue weighted by Gasteiger charge is -2.40. The predicted molar refractivity (Wildman–Crippen MR) is 71.0 cm³/mol. The Morgan fingerprint density at radius 1 is 1.56 bits per heavy atom. The minimum absolute atomic E-state index is 0.509. The highest BCUT2D eigenvalue weighted by molar-refractivity contribution is 9.09. The Morgan fingerprint density at radius 3 is 2.81 bits per heavy atom. The smallest absolute Gasteiger partial charge is 0.0630 e. The van der Waals surface area contributed by atoms with Gasteiger partial charge in [0.2, 0.25) is 0 Å². The number of nitrogens with zero attached hydrogens (tertiary/aromatic N) is 2. The SMILES string of the molecule is CCC(C)n1ccc(CC2(CBr)CCC2)n1. The zero-order chi connectivity index (χ0) is 11.6. The van der Waals surface area contributed by atoms with Crippen molar-refractivity contribution in [1.29, 1.82) is 0 Å². The second kappa shape index (κ2) is 4.91. The Kier molecular flexibility index (Phi) is 3.73. The van der Waals surface area contributed by atoms with Crippen LogP contribution in [-0.4, -0.2) is 15.1 Å². The quantitative estimate of drug-likeness (QED) is 0.749. The lowest BCUT2D eigenvalue weighted by molar-refractivity contribution is 0.167. The summed E-state index contributed by atoms with van der Waals surface area (Å²) < 4.78 is 2.11. The molecule has 1 saturated carbocycles. The molecule has 90 valence electrons. The van der Waals surface area contributed by atoms with Crippen LogP contribution in [0.3, 0.4) is 0 Å². The molecule has 2 nitrogen and oxygen atoms in total. The Morgan fingerprint density at radius 2 is 2.31 bits per heavy atom. The molecule has 16 heavy (non-hydrogen) atoms. The molecule has 0 bridgehead atoms. The minimum Gasteiger partial charge on any atom is -0.270 e. The molecule has 1 aromatic rings. The third kappa shape index (κ3) is 2.34. The summed E-state index contributed by atoms with van der Waals surface area (Å²) in [5, 5.41) is 5.81. The highest BCUT2D eigenvalue weighted by Crippen LogP contribution is 2.44. The van der Waals surface area contributed by atoms with Crippen LogP contribution in [0.5, 0.6) is 0 Å². The molecule has 0 aliphatic heterocycles. The number of hydrogen-bond donors (Lipinski definition) is 0. The summed E-state index contributed by atoms with van der Waals surface area (Å²) in [4.78, 5) is 0. The molecule has 1 aromatic heterocycles. The van der Waals surface area contributed by atoms with Crippen LogP contribution >= 0.6 is 15.9 Å². The van der Waals surface area contributed by atoms with Crippen LogP contribution in [-0.2, 0) is 6.42 Å². The Hall–Kier alpha value is -0.310. The van der Waals surface area contributed by atoms with Crippen LogP contribution in [0, 0.1) is 5.41 Å². The van der Waals surface area contributed by atoms with Crippen LogP contribution in [0.15, 0.2) is 12.3 Å². The van der Waals surface area contributed by atoms with E-state index in [0.29, 0.717) is 11.5 Å². The first kappa shape index (κ1) is 12.2. The molecule has 1 aliphatic carbocycles. The van der Waals surface area contributed by atoms with Gasteiger partial charge in [0.25, 0.3) is 0 Å². The fourth-order valence-electron chi connectivity index (χ4n) is 2.32. The monoisotopic (exact) mass is 284 g/mol. The molecule has 0 radical (unpaired) electrons. The van der Waals surface area contributed by atoms with E-state index < -0.39 is 0 Å². The Bertz CT molecular complexity index is 336. The second-order valence-electron chi connectivity index (χ2n) is 5.21. The maximum atomic E-state index is 4.69. The molecule has 0 N–H and O–H groups in total. The molecule has 1 aliphatic rings. The molecule has 1 atom stereocenters. The largest absolute Gasteiger partial charge is 0.270 e. The molecule has 2 rings (SSSR count). The summed E-state index contributed by atoms with van der Waals surface area (Å²) in [5.74, 6) is 0. The number of aromatic nitrogens is 2. The zero-order valence-corrected chi connectivity index (χ0v) is 11.8. The summed E-state index contributed by atoms with van der Waals surface area (Å²) in [7, 11) is 0. The maximum Gasteiger partial charge on any atom is 0.0630 e. The van der Waals surface area contributed by atoms with Gasteiger partial charge in [-0.15, -0.1) is 0 Å². The number of hydrogen-bond acceptors (Lipinski definition) is 1. The van der Waals surface area contributed by atoms with E-state index >= 15 is 0 Å².